The smallest absolute Gasteiger partial charge is 0.239 e. The van der Waals surface area contributed by atoms with E-state index >= 15 is 0 Å². The number of nitrogens with zero attached hydrogens (tertiary/aromatic N) is 2. The monoisotopic (exact) mass is 326 g/mol. The Kier molecular flexibility index (Phi) is 3.82. The van der Waals surface area contributed by atoms with Gasteiger partial charge in [-0.1, -0.05) is 17.7 Å². The van der Waals surface area contributed by atoms with E-state index < -0.39 is 17.0 Å². The summed E-state index contributed by atoms with van der Waals surface area (Å²) in [6.07, 6.45) is 1.39. The molecule has 1 fully saturated rings. The average molecular weight is 327 g/mol. The fraction of sp³-hybridized carbons (Fsp3) is 0.143. The van der Waals surface area contributed by atoms with E-state index in [9.17, 15) is 13.6 Å². The van der Waals surface area contributed by atoms with Crippen molar-refractivity contribution in [3.8, 4) is 0 Å². The molecule has 3 nitrogen and oxygen atoms in total. The van der Waals surface area contributed by atoms with Crippen molar-refractivity contribution in [3.63, 3.8) is 0 Å². The van der Waals surface area contributed by atoms with Crippen molar-refractivity contribution < 1.29 is 13.6 Å². The quantitative estimate of drug-likeness (QED) is 0.841. The molecule has 0 N–H and O–H groups in total. The zero-order chi connectivity index (χ0) is 15.0. The van der Waals surface area contributed by atoms with Crippen molar-refractivity contribution in [3.05, 3.63) is 58.7 Å². The lowest BCUT2D eigenvalue weighted by molar-refractivity contribution is -0.115. The number of rotatable bonds is 2. The van der Waals surface area contributed by atoms with E-state index in [0.717, 1.165) is 11.8 Å². The largest absolute Gasteiger partial charge is 0.279 e. The fourth-order valence-corrected chi connectivity index (χ4v) is 3.46. The fourth-order valence-electron chi connectivity index (χ4n) is 2.14. The van der Waals surface area contributed by atoms with Gasteiger partial charge in [-0.25, -0.2) is 13.8 Å². The van der Waals surface area contributed by atoms with E-state index in [-0.39, 0.29) is 17.2 Å². The zero-order valence-electron chi connectivity index (χ0n) is 10.6. The number of pyridine rings is 1. The van der Waals surface area contributed by atoms with E-state index in [1.54, 1.807) is 12.1 Å². The first-order valence-electron chi connectivity index (χ1n) is 6.07. The molecule has 1 aliphatic rings. The number of carbonyl (C=O) groups excluding carboxylic acids is 1. The van der Waals surface area contributed by atoms with Gasteiger partial charge in [0.15, 0.2) is 0 Å². The van der Waals surface area contributed by atoms with Gasteiger partial charge in [-0.2, -0.15) is 0 Å². The summed E-state index contributed by atoms with van der Waals surface area (Å²) < 4.78 is 27.9. The van der Waals surface area contributed by atoms with Crippen LogP contribution in [0.15, 0.2) is 36.5 Å². The molecule has 0 saturated carbocycles. The molecule has 1 aromatic heterocycles. The van der Waals surface area contributed by atoms with Gasteiger partial charge in [0.05, 0.1) is 16.3 Å². The molecule has 2 heterocycles. The van der Waals surface area contributed by atoms with E-state index in [0.29, 0.717) is 10.8 Å². The van der Waals surface area contributed by atoms with Gasteiger partial charge < -0.3 is 0 Å². The van der Waals surface area contributed by atoms with Crippen LogP contribution < -0.4 is 4.90 Å². The maximum Gasteiger partial charge on any atom is 0.239 e. The summed E-state index contributed by atoms with van der Waals surface area (Å²) in [6, 6.07) is 6.78. The van der Waals surface area contributed by atoms with Crippen LogP contribution in [-0.4, -0.2) is 16.6 Å². The second-order valence-corrected chi connectivity index (χ2v) is 5.90. The van der Waals surface area contributed by atoms with E-state index in [2.05, 4.69) is 4.98 Å². The van der Waals surface area contributed by atoms with Crippen LogP contribution in [0.5, 0.6) is 0 Å². The summed E-state index contributed by atoms with van der Waals surface area (Å²) in [7, 11) is 0. The molecule has 2 aromatic rings. The molecule has 1 saturated heterocycles. The standard InChI is InChI=1S/C14H9ClF2N2OS/c15-8-4-5-11(18-6-8)19-12(20)7-21-14(19)13-9(16)2-1-3-10(13)17/h1-6,14H,7H2. The molecule has 1 atom stereocenters. The number of carbonyl (C=O) groups is 1. The lowest BCUT2D eigenvalue weighted by atomic mass is 10.1. The van der Waals surface area contributed by atoms with Gasteiger partial charge in [-0.15, -0.1) is 11.8 Å². The lowest BCUT2D eigenvalue weighted by Gasteiger charge is -2.23. The third-order valence-corrected chi connectivity index (χ3v) is 4.47. The zero-order valence-corrected chi connectivity index (χ0v) is 12.2. The molecule has 1 aromatic carbocycles. The van der Waals surface area contributed by atoms with Crippen molar-refractivity contribution in [1.82, 2.24) is 4.98 Å². The Labute approximate surface area is 128 Å². The van der Waals surface area contributed by atoms with Crippen LogP contribution in [0.2, 0.25) is 5.02 Å². The van der Waals surface area contributed by atoms with Crippen molar-refractivity contribution in [1.29, 1.82) is 0 Å². The van der Waals surface area contributed by atoms with Crippen molar-refractivity contribution >= 4 is 35.1 Å². The van der Waals surface area contributed by atoms with Gasteiger partial charge in [-0.3, -0.25) is 9.69 Å². The van der Waals surface area contributed by atoms with E-state index in [1.807, 2.05) is 0 Å². The first kappa shape index (κ1) is 14.3. The Balaban J connectivity index is 2.05. The highest BCUT2D eigenvalue weighted by Gasteiger charge is 2.37. The minimum Gasteiger partial charge on any atom is -0.279 e. The number of thioether (sulfide) groups is 1. The Hall–Kier alpha value is -1.66. The molecule has 0 spiro atoms. The molecule has 108 valence electrons. The molecule has 1 unspecified atom stereocenters. The highest BCUT2D eigenvalue weighted by atomic mass is 35.5. The van der Waals surface area contributed by atoms with Crippen molar-refractivity contribution in [2.75, 3.05) is 10.7 Å². The maximum atomic E-state index is 13.9. The third-order valence-electron chi connectivity index (χ3n) is 3.07. The number of aromatic nitrogens is 1. The predicted molar refractivity (Wildman–Crippen MR) is 78.3 cm³/mol. The minimum absolute atomic E-state index is 0.134. The molecule has 0 radical (unpaired) electrons. The van der Waals surface area contributed by atoms with Crippen LogP contribution in [0.1, 0.15) is 10.9 Å². The SMILES string of the molecule is O=C1CSC(c2c(F)cccc2F)N1c1ccc(Cl)cn1. The van der Waals surface area contributed by atoms with Crippen molar-refractivity contribution in [2.45, 2.75) is 5.37 Å². The van der Waals surface area contributed by atoms with Gasteiger partial charge in [0.1, 0.15) is 22.8 Å². The van der Waals surface area contributed by atoms with Crippen LogP contribution in [0.25, 0.3) is 0 Å². The maximum absolute atomic E-state index is 13.9. The van der Waals surface area contributed by atoms with E-state index in [1.165, 1.54) is 29.3 Å². The first-order valence-corrected chi connectivity index (χ1v) is 7.49. The molecule has 0 aliphatic carbocycles. The van der Waals surface area contributed by atoms with Gasteiger partial charge in [0.25, 0.3) is 0 Å². The van der Waals surface area contributed by atoms with Crippen molar-refractivity contribution in [2.24, 2.45) is 0 Å². The lowest BCUT2D eigenvalue weighted by Crippen LogP contribution is -2.29. The molecule has 21 heavy (non-hydrogen) atoms. The number of benzene rings is 1. The van der Waals surface area contributed by atoms with Gasteiger partial charge in [0, 0.05) is 6.20 Å². The number of anilines is 1. The van der Waals surface area contributed by atoms with Gasteiger partial charge in [-0.05, 0) is 24.3 Å². The second-order valence-electron chi connectivity index (χ2n) is 4.40. The minimum atomic E-state index is -0.771. The normalized spacial score (nSPS) is 18.3. The highest BCUT2D eigenvalue weighted by molar-refractivity contribution is 8.00. The second kappa shape index (κ2) is 5.61. The van der Waals surface area contributed by atoms with E-state index in [4.69, 9.17) is 11.6 Å². The average Bonchev–Trinajstić information content (AvgIpc) is 2.82. The topological polar surface area (TPSA) is 33.2 Å². The summed E-state index contributed by atoms with van der Waals surface area (Å²) in [4.78, 5) is 17.4. The third kappa shape index (κ3) is 2.61. The summed E-state index contributed by atoms with van der Waals surface area (Å²) in [5.74, 6) is -1.14. The molecule has 7 heteroatoms. The Morgan fingerprint density at radius 2 is 1.95 bits per heavy atom. The molecular formula is C14H9ClF2N2OS. The van der Waals surface area contributed by atoms with Crippen LogP contribution in [-0.2, 0) is 4.79 Å². The highest BCUT2D eigenvalue weighted by Crippen LogP contribution is 2.42. The van der Waals surface area contributed by atoms with Crippen LogP contribution in [0.3, 0.4) is 0 Å². The summed E-state index contributed by atoms with van der Waals surface area (Å²) >= 11 is 6.93. The number of halogens is 3. The first-order chi connectivity index (χ1) is 10.1. The number of hydrogen-bond donors (Lipinski definition) is 0. The molecule has 1 amide bonds. The molecule has 1 aliphatic heterocycles. The Morgan fingerprint density at radius 1 is 1.24 bits per heavy atom. The molecule has 0 bridgehead atoms. The summed E-state index contributed by atoms with van der Waals surface area (Å²) in [5.41, 5.74) is -0.134. The van der Waals surface area contributed by atoms with Gasteiger partial charge in [0.2, 0.25) is 5.91 Å². The summed E-state index contributed by atoms with van der Waals surface area (Å²) in [6.45, 7) is 0. The predicted octanol–water partition coefficient (Wildman–Crippen LogP) is 3.79. The molecular weight excluding hydrogens is 318 g/mol. The Bertz CT molecular complexity index is 676. The van der Waals surface area contributed by atoms with Crippen LogP contribution >= 0.6 is 23.4 Å². The Morgan fingerprint density at radius 3 is 2.57 bits per heavy atom. The molecule has 3 rings (SSSR count). The number of hydrogen-bond acceptors (Lipinski definition) is 3. The summed E-state index contributed by atoms with van der Waals surface area (Å²) in [5, 5.41) is -0.348. The number of amides is 1. The van der Waals surface area contributed by atoms with Crippen LogP contribution in [0.4, 0.5) is 14.6 Å². The van der Waals surface area contributed by atoms with Gasteiger partial charge >= 0.3 is 0 Å². The van der Waals surface area contributed by atoms with Crippen LogP contribution in [0, 0.1) is 11.6 Å².